The Hall–Kier alpha value is -2.00. The maximum Gasteiger partial charge on any atom is 0.242 e. The van der Waals surface area contributed by atoms with Crippen molar-refractivity contribution in [3.8, 4) is 0 Å². The standard InChI is InChI=1S/C24H30Cl3N3O4S/c1-4-13-28-24(32)17(2)29(16-18-7-12-21(26)22(27)15-18)23(31)6-5-14-30(35(3,33)34)20-10-8-19(25)9-11-20/h7-12,15,17H,4-6,13-14,16H2,1-3H3,(H,28,32). The van der Waals surface area contributed by atoms with Crippen LogP contribution in [0.2, 0.25) is 15.1 Å². The molecule has 0 saturated heterocycles. The first kappa shape index (κ1) is 29.2. The van der Waals surface area contributed by atoms with E-state index in [4.69, 9.17) is 34.8 Å². The lowest BCUT2D eigenvalue weighted by Crippen LogP contribution is -2.47. The van der Waals surface area contributed by atoms with E-state index in [0.717, 1.165) is 18.2 Å². The van der Waals surface area contributed by atoms with Gasteiger partial charge in [-0.15, -0.1) is 0 Å². The van der Waals surface area contributed by atoms with E-state index >= 15 is 0 Å². The fourth-order valence-corrected chi connectivity index (χ4v) is 4.84. The van der Waals surface area contributed by atoms with Gasteiger partial charge < -0.3 is 10.2 Å². The van der Waals surface area contributed by atoms with Gasteiger partial charge in [0.15, 0.2) is 0 Å². The zero-order valence-corrected chi connectivity index (χ0v) is 23.0. The summed E-state index contributed by atoms with van der Waals surface area (Å²) < 4.78 is 25.9. The first-order valence-electron chi connectivity index (χ1n) is 11.2. The number of benzene rings is 2. The molecule has 0 spiro atoms. The zero-order valence-electron chi connectivity index (χ0n) is 19.9. The van der Waals surface area contributed by atoms with Gasteiger partial charge in [-0.25, -0.2) is 8.42 Å². The molecule has 1 atom stereocenters. The van der Waals surface area contributed by atoms with E-state index in [-0.39, 0.29) is 37.7 Å². The van der Waals surface area contributed by atoms with Gasteiger partial charge >= 0.3 is 0 Å². The zero-order chi connectivity index (χ0) is 26.2. The lowest BCUT2D eigenvalue weighted by Gasteiger charge is -2.29. The number of sulfonamides is 1. The highest BCUT2D eigenvalue weighted by Crippen LogP contribution is 2.25. The van der Waals surface area contributed by atoms with Gasteiger partial charge in [0.1, 0.15) is 6.04 Å². The number of nitrogens with one attached hydrogen (secondary N) is 1. The van der Waals surface area contributed by atoms with E-state index in [9.17, 15) is 18.0 Å². The van der Waals surface area contributed by atoms with Crippen LogP contribution in [0.1, 0.15) is 38.7 Å². The van der Waals surface area contributed by atoms with Crippen LogP contribution in [-0.4, -0.2) is 50.5 Å². The Kier molecular flexibility index (Phi) is 11.1. The molecule has 0 bridgehead atoms. The molecule has 192 valence electrons. The normalized spacial score (nSPS) is 12.2. The SMILES string of the molecule is CCCNC(=O)C(C)N(Cc1ccc(Cl)c(Cl)c1)C(=O)CCCN(c1ccc(Cl)cc1)S(C)(=O)=O. The molecule has 1 unspecified atom stereocenters. The van der Waals surface area contributed by atoms with Gasteiger partial charge in [0.25, 0.3) is 0 Å². The number of hydrogen-bond acceptors (Lipinski definition) is 4. The lowest BCUT2D eigenvalue weighted by molar-refractivity contribution is -0.140. The molecule has 11 heteroatoms. The number of hydrogen-bond donors (Lipinski definition) is 1. The minimum atomic E-state index is -3.57. The van der Waals surface area contributed by atoms with Crippen molar-refractivity contribution < 1.29 is 18.0 Å². The molecular formula is C24H30Cl3N3O4S. The van der Waals surface area contributed by atoms with E-state index in [2.05, 4.69) is 5.32 Å². The molecule has 2 amide bonds. The summed E-state index contributed by atoms with van der Waals surface area (Å²) in [6.45, 7) is 4.36. The van der Waals surface area contributed by atoms with Crippen LogP contribution >= 0.6 is 34.8 Å². The Morgan fingerprint density at radius 1 is 1.03 bits per heavy atom. The summed E-state index contributed by atoms with van der Waals surface area (Å²) in [5.41, 5.74) is 1.19. The Morgan fingerprint density at radius 2 is 1.69 bits per heavy atom. The minimum Gasteiger partial charge on any atom is -0.354 e. The Balaban J connectivity index is 2.17. The fraction of sp³-hybridized carbons (Fsp3) is 0.417. The maximum absolute atomic E-state index is 13.2. The van der Waals surface area contributed by atoms with Gasteiger partial charge in [-0.2, -0.15) is 0 Å². The highest BCUT2D eigenvalue weighted by atomic mass is 35.5. The lowest BCUT2D eigenvalue weighted by atomic mass is 10.1. The summed E-state index contributed by atoms with van der Waals surface area (Å²) in [7, 11) is -3.57. The Labute approximate surface area is 222 Å². The first-order valence-corrected chi connectivity index (χ1v) is 14.2. The van der Waals surface area contributed by atoms with Crippen molar-refractivity contribution in [2.75, 3.05) is 23.7 Å². The number of amides is 2. The second kappa shape index (κ2) is 13.3. The predicted octanol–water partition coefficient (Wildman–Crippen LogP) is 5.14. The maximum atomic E-state index is 13.2. The molecule has 0 heterocycles. The number of anilines is 1. The first-order chi connectivity index (χ1) is 16.4. The van der Waals surface area contributed by atoms with Crippen LogP contribution in [0.15, 0.2) is 42.5 Å². The summed E-state index contributed by atoms with van der Waals surface area (Å²) in [6.07, 6.45) is 2.19. The van der Waals surface area contributed by atoms with Gasteiger partial charge in [0, 0.05) is 31.1 Å². The number of nitrogens with zero attached hydrogens (tertiary/aromatic N) is 2. The summed E-state index contributed by atoms with van der Waals surface area (Å²) >= 11 is 18.1. The van der Waals surface area contributed by atoms with Crippen LogP contribution in [-0.2, 0) is 26.2 Å². The summed E-state index contributed by atoms with van der Waals surface area (Å²) in [5.74, 6) is -0.543. The van der Waals surface area contributed by atoms with E-state index in [1.54, 1.807) is 49.4 Å². The van der Waals surface area contributed by atoms with Gasteiger partial charge in [-0.05, 0) is 61.7 Å². The third-order valence-electron chi connectivity index (χ3n) is 5.32. The van der Waals surface area contributed by atoms with E-state index < -0.39 is 16.1 Å². The molecule has 2 aromatic carbocycles. The van der Waals surface area contributed by atoms with Crippen molar-refractivity contribution in [2.24, 2.45) is 0 Å². The highest BCUT2D eigenvalue weighted by molar-refractivity contribution is 7.92. The van der Waals surface area contributed by atoms with Gasteiger partial charge in [0.05, 0.1) is 22.0 Å². The molecule has 1 N–H and O–H groups in total. The highest BCUT2D eigenvalue weighted by Gasteiger charge is 2.26. The van der Waals surface area contributed by atoms with Crippen LogP contribution in [0.25, 0.3) is 0 Å². The van der Waals surface area contributed by atoms with Crippen molar-refractivity contribution in [1.29, 1.82) is 0 Å². The summed E-state index contributed by atoms with van der Waals surface area (Å²) in [5, 5.41) is 4.05. The van der Waals surface area contributed by atoms with Crippen molar-refractivity contribution in [3.63, 3.8) is 0 Å². The van der Waals surface area contributed by atoms with Crippen LogP contribution in [0.4, 0.5) is 5.69 Å². The molecule has 0 aromatic heterocycles. The molecule has 0 fully saturated rings. The monoisotopic (exact) mass is 561 g/mol. The molecule has 0 aliphatic carbocycles. The molecule has 2 aromatic rings. The largest absolute Gasteiger partial charge is 0.354 e. The second-order valence-corrected chi connectivity index (χ2v) is 11.3. The third-order valence-corrected chi connectivity index (χ3v) is 7.51. The van der Waals surface area contributed by atoms with Gasteiger partial charge in [0.2, 0.25) is 21.8 Å². The van der Waals surface area contributed by atoms with Gasteiger partial charge in [-0.1, -0.05) is 47.8 Å². The smallest absolute Gasteiger partial charge is 0.242 e. The van der Waals surface area contributed by atoms with Crippen LogP contribution in [0.3, 0.4) is 0 Å². The van der Waals surface area contributed by atoms with Crippen molar-refractivity contribution in [1.82, 2.24) is 10.2 Å². The third kappa shape index (κ3) is 8.86. The molecule has 7 nitrogen and oxygen atoms in total. The topological polar surface area (TPSA) is 86.8 Å². The predicted molar refractivity (Wildman–Crippen MR) is 143 cm³/mol. The molecule has 0 aliphatic rings. The van der Waals surface area contributed by atoms with E-state index in [1.807, 2.05) is 6.92 Å². The van der Waals surface area contributed by atoms with Crippen molar-refractivity contribution in [2.45, 2.75) is 45.7 Å². The number of carbonyl (C=O) groups is 2. The molecule has 35 heavy (non-hydrogen) atoms. The second-order valence-electron chi connectivity index (χ2n) is 8.15. The quantitative estimate of drug-likeness (QED) is 0.388. The Bertz CT molecular complexity index is 1130. The van der Waals surface area contributed by atoms with E-state index in [1.165, 1.54) is 9.21 Å². The number of carbonyl (C=O) groups excluding carboxylic acids is 2. The molecule has 2 rings (SSSR count). The van der Waals surface area contributed by atoms with Crippen molar-refractivity contribution in [3.05, 3.63) is 63.1 Å². The number of halogens is 3. The molecule has 0 radical (unpaired) electrons. The summed E-state index contributed by atoms with van der Waals surface area (Å²) in [6, 6.07) is 10.8. The van der Waals surface area contributed by atoms with Gasteiger partial charge in [-0.3, -0.25) is 13.9 Å². The van der Waals surface area contributed by atoms with E-state index in [0.29, 0.717) is 27.3 Å². The average molecular weight is 563 g/mol. The van der Waals surface area contributed by atoms with Crippen molar-refractivity contribution >= 4 is 62.3 Å². The summed E-state index contributed by atoms with van der Waals surface area (Å²) in [4.78, 5) is 27.3. The fourth-order valence-electron chi connectivity index (χ4n) is 3.42. The Morgan fingerprint density at radius 3 is 2.26 bits per heavy atom. The van der Waals surface area contributed by atoms with Crippen LogP contribution in [0.5, 0.6) is 0 Å². The molecule has 0 aliphatic heterocycles. The van der Waals surface area contributed by atoms with Crippen LogP contribution in [0, 0.1) is 0 Å². The average Bonchev–Trinajstić information content (AvgIpc) is 2.80. The van der Waals surface area contributed by atoms with Crippen LogP contribution < -0.4 is 9.62 Å². The molecule has 0 saturated carbocycles. The molecular weight excluding hydrogens is 533 g/mol. The minimum absolute atomic E-state index is 0.0479. The number of rotatable bonds is 12.